The highest BCUT2D eigenvalue weighted by molar-refractivity contribution is 5.97. The summed E-state index contributed by atoms with van der Waals surface area (Å²) in [5.74, 6) is 0.170. The molecule has 0 N–H and O–H groups in total. The van der Waals surface area contributed by atoms with Crippen molar-refractivity contribution in [1.82, 2.24) is 9.97 Å². The Bertz CT molecular complexity index is 1160. The molecule has 6 nitrogen and oxygen atoms in total. The van der Waals surface area contributed by atoms with Gasteiger partial charge in [0.25, 0.3) is 0 Å². The van der Waals surface area contributed by atoms with Crippen LogP contribution in [0.25, 0.3) is 22.7 Å². The monoisotopic (exact) mass is 386 g/mol. The van der Waals surface area contributed by atoms with Crippen LogP contribution in [0, 0.1) is 6.92 Å². The van der Waals surface area contributed by atoms with Crippen molar-refractivity contribution >= 4 is 22.9 Å². The molecule has 29 heavy (non-hydrogen) atoms. The summed E-state index contributed by atoms with van der Waals surface area (Å²) in [6.07, 6.45) is 1.76. The molecule has 0 aliphatic carbocycles. The number of ketones is 1. The van der Waals surface area contributed by atoms with Crippen LogP contribution in [0.3, 0.4) is 0 Å². The maximum absolute atomic E-state index is 12.2. The average molecular weight is 386 g/mol. The first-order chi connectivity index (χ1) is 14.1. The van der Waals surface area contributed by atoms with Gasteiger partial charge in [0.1, 0.15) is 17.0 Å². The predicted octanol–water partition coefficient (Wildman–Crippen LogP) is 4.77. The van der Waals surface area contributed by atoms with Crippen LogP contribution < -0.4 is 4.74 Å². The van der Waals surface area contributed by atoms with Gasteiger partial charge < -0.3 is 9.15 Å². The third kappa shape index (κ3) is 4.38. The molecule has 0 unspecified atom stereocenters. The van der Waals surface area contributed by atoms with Crippen molar-refractivity contribution in [3.05, 3.63) is 78.0 Å². The molecule has 4 rings (SSSR count). The minimum absolute atomic E-state index is 0.000334. The van der Waals surface area contributed by atoms with E-state index in [2.05, 4.69) is 9.97 Å². The lowest BCUT2D eigenvalue weighted by molar-refractivity contribution is -0.134. The van der Waals surface area contributed by atoms with Gasteiger partial charge in [-0.3, -0.25) is 14.6 Å². The van der Waals surface area contributed by atoms with E-state index in [-0.39, 0.29) is 18.6 Å². The zero-order valence-corrected chi connectivity index (χ0v) is 15.8. The molecule has 2 aromatic heterocycles. The van der Waals surface area contributed by atoms with Crippen LogP contribution in [-0.2, 0) is 4.79 Å². The smallest absolute Gasteiger partial charge is 0.311 e. The molecule has 0 spiro atoms. The molecule has 0 radical (unpaired) electrons. The normalized spacial score (nSPS) is 10.8. The van der Waals surface area contributed by atoms with Crippen molar-refractivity contribution in [3.8, 4) is 17.3 Å². The summed E-state index contributed by atoms with van der Waals surface area (Å²) in [6.45, 7) is 1.95. The fourth-order valence-corrected chi connectivity index (χ4v) is 2.85. The predicted molar refractivity (Wildman–Crippen MR) is 108 cm³/mol. The van der Waals surface area contributed by atoms with Crippen molar-refractivity contribution in [2.75, 3.05) is 0 Å². The van der Waals surface area contributed by atoms with Gasteiger partial charge in [0.05, 0.1) is 6.42 Å². The summed E-state index contributed by atoms with van der Waals surface area (Å²) < 4.78 is 11.1. The second-order valence-corrected chi connectivity index (χ2v) is 6.63. The number of Topliss-reactive ketones (excluding diaryl/α,β-unsaturated/α-hetero) is 1. The van der Waals surface area contributed by atoms with Gasteiger partial charge in [0.15, 0.2) is 11.4 Å². The number of rotatable bonds is 6. The Kier molecular flexibility index (Phi) is 5.16. The lowest BCUT2D eigenvalue weighted by atomic mass is 10.1. The van der Waals surface area contributed by atoms with Crippen molar-refractivity contribution in [3.63, 3.8) is 0 Å². The van der Waals surface area contributed by atoms with Crippen LogP contribution in [0.1, 0.15) is 28.8 Å². The van der Waals surface area contributed by atoms with Crippen molar-refractivity contribution in [2.24, 2.45) is 0 Å². The third-order valence-electron chi connectivity index (χ3n) is 4.41. The van der Waals surface area contributed by atoms with E-state index in [1.165, 1.54) is 0 Å². The van der Waals surface area contributed by atoms with Crippen molar-refractivity contribution in [1.29, 1.82) is 0 Å². The highest BCUT2D eigenvalue weighted by Crippen LogP contribution is 2.26. The number of hydrogen-bond acceptors (Lipinski definition) is 6. The number of carbonyl (C=O) groups excluding carboxylic acids is 2. The number of carbonyl (C=O) groups is 2. The van der Waals surface area contributed by atoms with Crippen LogP contribution in [0.5, 0.6) is 5.75 Å². The van der Waals surface area contributed by atoms with Gasteiger partial charge >= 0.3 is 5.97 Å². The minimum Gasteiger partial charge on any atom is -0.435 e. The Morgan fingerprint density at radius 1 is 1.00 bits per heavy atom. The maximum atomic E-state index is 12.2. The summed E-state index contributed by atoms with van der Waals surface area (Å²) in [5, 5.41) is 0. The SMILES string of the molecule is Cc1ccc(C(=O)CCC(=O)Oc2ccc3nc(-c4ccccn4)oc3c2)cc1. The summed E-state index contributed by atoms with van der Waals surface area (Å²) >= 11 is 0. The van der Waals surface area contributed by atoms with Crippen LogP contribution in [0.2, 0.25) is 0 Å². The molecule has 0 saturated heterocycles. The number of aryl methyl sites for hydroxylation is 1. The molecule has 2 heterocycles. The van der Waals surface area contributed by atoms with Gasteiger partial charge in [-0.05, 0) is 31.2 Å². The Balaban J connectivity index is 1.40. The van der Waals surface area contributed by atoms with Crippen LogP contribution in [0.15, 0.2) is 71.3 Å². The molecule has 144 valence electrons. The van der Waals surface area contributed by atoms with E-state index in [1.54, 1.807) is 42.6 Å². The number of fused-ring (bicyclic) bond motifs is 1. The lowest BCUT2D eigenvalue weighted by Crippen LogP contribution is -2.10. The number of nitrogens with zero attached hydrogens (tertiary/aromatic N) is 2. The van der Waals surface area contributed by atoms with Gasteiger partial charge in [0.2, 0.25) is 5.89 Å². The number of ether oxygens (including phenoxy) is 1. The molecule has 2 aromatic carbocycles. The Morgan fingerprint density at radius 3 is 2.59 bits per heavy atom. The first-order valence-electron chi connectivity index (χ1n) is 9.21. The van der Waals surface area contributed by atoms with Gasteiger partial charge in [-0.25, -0.2) is 4.98 Å². The number of esters is 1. The van der Waals surface area contributed by atoms with E-state index in [9.17, 15) is 9.59 Å². The number of pyridine rings is 1. The highest BCUT2D eigenvalue weighted by Gasteiger charge is 2.13. The summed E-state index contributed by atoms with van der Waals surface area (Å²) in [4.78, 5) is 32.9. The number of oxazole rings is 1. The molecule has 0 fully saturated rings. The van der Waals surface area contributed by atoms with Crippen molar-refractivity contribution in [2.45, 2.75) is 19.8 Å². The van der Waals surface area contributed by atoms with E-state index in [0.717, 1.165) is 5.56 Å². The summed E-state index contributed by atoms with van der Waals surface area (Å²) in [6, 6.07) is 17.7. The Hall–Kier alpha value is -3.80. The standard InChI is InChI=1S/C23H18N2O4/c1-15-5-7-16(8-6-15)20(26)11-12-22(27)28-17-9-10-18-21(14-17)29-23(25-18)19-4-2-3-13-24-19/h2-10,13-14H,11-12H2,1H3. The molecule has 0 aliphatic heterocycles. The number of hydrogen-bond donors (Lipinski definition) is 0. The first kappa shape index (κ1) is 18.6. The molecule has 0 saturated carbocycles. The van der Waals surface area contributed by atoms with Gasteiger partial charge in [-0.1, -0.05) is 35.9 Å². The van der Waals surface area contributed by atoms with E-state index < -0.39 is 5.97 Å². The average Bonchev–Trinajstić information content (AvgIpc) is 3.17. The minimum atomic E-state index is -0.478. The molecular formula is C23H18N2O4. The van der Waals surface area contributed by atoms with Gasteiger partial charge in [0, 0.05) is 24.2 Å². The molecule has 4 aromatic rings. The fourth-order valence-electron chi connectivity index (χ4n) is 2.85. The molecule has 0 bridgehead atoms. The zero-order chi connectivity index (χ0) is 20.2. The van der Waals surface area contributed by atoms with E-state index in [0.29, 0.717) is 34.0 Å². The van der Waals surface area contributed by atoms with Crippen LogP contribution in [0.4, 0.5) is 0 Å². The highest BCUT2D eigenvalue weighted by atomic mass is 16.5. The second kappa shape index (κ2) is 8.06. The van der Waals surface area contributed by atoms with E-state index in [4.69, 9.17) is 9.15 Å². The summed E-state index contributed by atoms with van der Waals surface area (Å²) in [7, 11) is 0. The topological polar surface area (TPSA) is 82.3 Å². The van der Waals surface area contributed by atoms with Crippen LogP contribution in [-0.4, -0.2) is 21.7 Å². The quantitative estimate of drug-likeness (QED) is 0.270. The van der Waals surface area contributed by atoms with E-state index in [1.807, 2.05) is 31.2 Å². The Morgan fingerprint density at radius 2 is 1.83 bits per heavy atom. The maximum Gasteiger partial charge on any atom is 0.311 e. The Labute approximate surface area is 167 Å². The van der Waals surface area contributed by atoms with Gasteiger partial charge in [-0.2, -0.15) is 0 Å². The number of aromatic nitrogens is 2. The number of benzene rings is 2. The molecule has 6 heteroatoms. The zero-order valence-electron chi connectivity index (χ0n) is 15.8. The van der Waals surface area contributed by atoms with Crippen molar-refractivity contribution < 1.29 is 18.7 Å². The first-order valence-corrected chi connectivity index (χ1v) is 9.21. The molecule has 0 aliphatic rings. The van der Waals surface area contributed by atoms with Crippen LogP contribution >= 0.6 is 0 Å². The lowest BCUT2D eigenvalue weighted by Gasteiger charge is -2.04. The largest absolute Gasteiger partial charge is 0.435 e. The third-order valence-corrected chi connectivity index (χ3v) is 4.41. The second-order valence-electron chi connectivity index (χ2n) is 6.63. The molecular weight excluding hydrogens is 368 g/mol. The fraction of sp³-hybridized carbons (Fsp3) is 0.130. The molecule has 0 amide bonds. The van der Waals surface area contributed by atoms with Gasteiger partial charge in [-0.15, -0.1) is 0 Å². The van der Waals surface area contributed by atoms with E-state index >= 15 is 0 Å². The molecule has 0 atom stereocenters. The summed E-state index contributed by atoms with van der Waals surface area (Å²) in [5.41, 5.74) is 3.42.